The number of benzene rings is 2. The van der Waals surface area contributed by atoms with E-state index in [4.69, 9.17) is 0 Å². The number of aromatic nitrogens is 2. The molecular weight excluding hydrogens is 350 g/mol. The van der Waals surface area contributed by atoms with Crippen LogP contribution in [0.1, 0.15) is 31.4 Å². The Balaban J connectivity index is 1.56. The van der Waals surface area contributed by atoms with Gasteiger partial charge in [0, 0.05) is 18.7 Å². The summed E-state index contributed by atoms with van der Waals surface area (Å²) in [4.78, 5) is 32.1. The summed E-state index contributed by atoms with van der Waals surface area (Å²) in [6.07, 6.45) is 5.27. The average molecular weight is 373 g/mol. The first kappa shape index (κ1) is 18.2. The molecule has 1 amide bonds. The van der Waals surface area contributed by atoms with Crippen molar-refractivity contribution in [3.8, 4) is 0 Å². The van der Waals surface area contributed by atoms with Gasteiger partial charge in [0.1, 0.15) is 0 Å². The summed E-state index contributed by atoms with van der Waals surface area (Å²) in [7, 11) is 0. The van der Waals surface area contributed by atoms with E-state index < -0.39 is 0 Å². The molecule has 3 aromatic rings. The molecule has 0 bridgehead atoms. The SMILES string of the molecule is C/C(=C/c1ccccc1)C(=O)N1CCC[C@@H](n2cnc3ccccc3c2=O)C1. The van der Waals surface area contributed by atoms with E-state index in [1.165, 1.54) is 0 Å². The van der Waals surface area contributed by atoms with Crippen molar-refractivity contribution in [2.45, 2.75) is 25.8 Å². The van der Waals surface area contributed by atoms with Gasteiger partial charge in [0.05, 0.1) is 23.3 Å². The second kappa shape index (κ2) is 7.80. The van der Waals surface area contributed by atoms with Gasteiger partial charge in [-0.3, -0.25) is 14.2 Å². The molecule has 1 aliphatic heterocycles. The van der Waals surface area contributed by atoms with E-state index in [-0.39, 0.29) is 17.5 Å². The van der Waals surface area contributed by atoms with Gasteiger partial charge in [0.15, 0.2) is 0 Å². The van der Waals surface area contributed by atoms with Crippen molar-refractivity contribution >= 4 is 22.9 Å². The molecule has 1 aromatic heterocycles. The number of carbonyl (C=O) groups excluding carboxylic acids is 1. The normalized spacial score (nSPS) is 17.7. The van der Waals surface area contributed by atoms with Crippen LogP contribution in [0.15, 0.2) is 71.3 Å². The largest absolute Gasteiger partial charge is 0.337 e. The van der Waals surface area contributed by atoms with Crippen LogP contribution in [-0.4, -0.2) is 33.4 Å². The highest BCUT2D eigenvalue weighted by molar-refractivity contribution is 5.97. The van der Waals surface area contributed by atoms with E-state index in [0.29, 0.717) is 29.6 Å². The molecule has 1 atom stereocenters. The van der Waals surface area contributed by atoms with Crippen LogP contribution in [-0.2, 0) is 4.79 Å². The monoisotopic (exact) mass is 373 g/mol. The molecule has 1 aliphatic rings. The van der Waals surface area contributed by atoms with Crippen molar-refractivity contribution in [3.05, 3.63) is 82.4 Å². The zero-order valence-electron chi connectivity index (χ0n) is 15.9. The van der Waals surface area contributed by atoms with Crippen molar-refractivity contribution < 1.29 is 4.79 Å². The third-order valence-electron chi connectivity index (χ3n) is 5.29. The Morgan fingerprint density at radius 3 is 2.68 bits per heavy atom. The number of amides is 1. The maximum atomic E-state index is 12.9. The van der Waals surface area contributed by atoms with E-state index in [9.17, 15) is 9.59 Å². The fraction of sp³-hybridized carbons (Fsp3) is 0.261. The molecular formula is C23H23N3O2. The van der Waals surface area contributed by atoms with Crippen molar-refractivity contribution in [1.82, 2.24) is 14.5 Å². The minimum absolute atomic E-state index is 0.0235. The minimum Gasteiger partial charge on any atom is -0.337 e. The minimum atomic E-state index is -0.0492. The van der Waals surface area contributed by atoms with E-state index in [2.05, 4.69) is 4.98 Å². The maximum absolute atomic E-state index is 12.9. The number of nitrogens with zero attached hydrogens (tertiary/aromatic N) is 3. The Morgan fingerprint density at radius 2 is 1.86 bits per heavy atom. The van der Waals surface area contributed by atoms with Crippen LogP contribution in [0, 0.1) is 0 Å². The van der Waals surface area contributed by atoms with Gasteiger partial charge in [-0.05, 0) is 43.5 Å². The lowest BCUT2D eigenvalue weighted by Gasteiger charge is -2.33. The van der Waals surface area contributed by atoms with Crippen molar-refractivity contribution in [2.24, 2.45) is 0 Å². The second-order valence-electron chi connectivity index (χ2n) is 7.26. The average Bonchev–Trinajstić information content (AvgIpc) is 2.74. The van der Waals surface area contributed by atoms with Gasteiger partial charge in [-0.2, -0.15) is 0 Å². The molecule has 4 rings (SSSR count). The molecule has 0 N–H and O–H groups in total. The van der Waals surface area contributed by atoms with Gasteiger partial charge in [-0.25, -0.2) is 4.98 Å². The molecule has 5 nitrogen and oxygen atoms in total. The van der Waals surface area contributed by atoms with Crippen molar-refractivity contribution in [2.75, 3.05) is 13.1 Å². The van der Waals surface area contributed by atoms with Crippen LogP contribution >= 0.6 is 0 Å². The Kier molecular flexibility index (Phi) is 5.06. The number of carbonyl (C=O) groups is 1. The molecule has 0 saturated carbocycles. The molecule has 1 fully saturated rings. The highest BCUT2D eigenvalue weighted by Gasteiger charge is 2.26. The summed E-state index contributed by atoms with van der Waals surface area (Å²) in [5.74, 6) is 0.0235. The maximum Gasteiger partial charge on any atom is 0.261 e. The van der Waals surface area contributed by atoms with Gasteiger partial charge >= 0.3 is 0 Å². The van der Waals surface area contributed by atoms with Crippen LogP contribution in [0.4, 0.5) is 0 Å². The molecule has 0 aliphatic carbocycles. The zero-order chi connectivity index (χ0) is 19.5. The fourth-order valence-electron chi connectivity index (χ4n) is 3.82. The van der Waals surface area contributed by atoms with Gasteiger partial charge in [0.2, 0.25) is 5.91 Å². The van der Waals surface area contributed by atoms with E-state index in [1.54, 1.807) is 17.0 Å². The Morgan fingerprint density at radius 1 is 1.11 bits per heavy atom. The zero-order valence-corrected chi connectivity index (χ0v) is 15.9. The summed E-state index contributed by atoms with van der Waals surface area (Å²) in [5, 5.41) is 0.619. The number of para-hydroxylation sites is 1. The lowest BCUT2D eigenvalue weighted by atomic mass is 10.0. The standard InChI is InChI=1S/C23H23N3O2/c1-17(14-18-8-3-2-4-9-18)22(27)25-13-7-10-19(15-25)26-16-24-21-12-6-5-11-20(21)23(26)28/h2-6,8-9,11-12,14,16,19H,7,10,13,15H2,1H3/b17-14-/t19-/m1/s1. The van der Waals surface area contributed by atoms with Crippen molar-refractivity contribution in [3.63, 3.8) is 0 Å². The highest BCUT2D eigenvalue weighted by Crippen LogP contribution is 2.22. The van der Waals surface area contributed by atoms with Crippen LogP contribution in [0.5, 0.6) is 0 Å². The van der Waals surface area contributed by atoms with Gasteiger partial charge in [0.25, 0.3) is 5.56 Å². The molecule has 5 heteroatoms. The predicted octanol–water partition coefficient (Wildman–Crippen LogP) is 3.66. The molecule has 1 saturated heterocycles. The van der Waals surface area contributed by atoms with E-state index >= 15 is 0 Å². The second-order valence-corrected chi connectivity index (χ2v) is 7.26. The number of rotatable bonds is 3. The number of likely N-dealkylation sites (tertiary alicyclic amines) is 1. The van der Waals surface area contributed by atoms with E-state index in [1.807, 2.05) is 66.4 Å². The van der Waals surface area contributed by atoms with Crippen LogP contribution < -0.4 is 5.56 Å². The molecule has 2 aromatic carbocycles. The summed E-state index contributed by atoms with van der Waals surface area (Å²) < 4.78 is 1.69. The van der Waals surface area contributed by atoms with Crippen LogP contribution in [0.3, 0.4) is 0 Å². The quantitative estimate of drug-likeness (QED) is 0.659. The molecule has 0 radical (unpaired) electrons. The Hall–Kier alpha value is -3.21. The first-order valence-electron chi connectivity index (χ1n) is 9.62. The smallest absolute Gasteiger partial charge is 0.261 e. The summed E-state index contributed by atoms with van der Waals surface area (Å²) in [6, 6.07) is 17.2. The summed E-state index contributed by atoms with van der Waals surface area (Å²) in [6.45, 7) is 3.09. The number of hydrogen-bond donors (Lipinski definition) is 0. The fourth-order valence-corrected chi connectivity index (χ4v) is 3.82. The number of piperidine rings is 1. The third kappa shape index (κ3) is 3.60. The molecule has 142 valence electrons. The Labute approximate surface area is 163 Å². The highest BCUT2D eigenvalue weighted by atomic mass is 16.2. The predicted molar refractivity (Wildman–Crippen MR) is 111 cm³/mol. The summed E-state index contributed by atoms with van der Waals surface area (Å²) in [5.41, 5.74) is 2.38. The number of fused-ring (bicyclic) bond motifs is 1. The Bertz CT molecular complexity index is 1090. The van der Waals surface area contributed by atoms with Gasteiger partial charge in [-0.1, -0.05) is 42.5 Å². The molecule has 0 spiro atoms. The van der Waals surface area contributed by atoms with Crippen molar-refractivity contribution in [1.29, 1.82) is 0 Å². The van der Waals surface area contributed by atoms with Crippen LogP contribution in [0.25, 0.3) is 17.0 Å². The topological polar surface area (TPSA) is 55.2 Å². The molecule has 0 unspecified atom stereocenters. The third-order valence-corrected chi connectivity index (χ3v) is 5.29. The lowest BCUT2D eigenvalue weighted by molar-refractivity contribution is -0.128. The summed E-state index contributed by atoms with van der Waals surface area (Å²) >= 11 is 0. The van der Waals surface area contributed by atoms with Gasteiger partial charge < -0.3 is 4.90 Å². The molecule has 28 heavy (non-hydrogen) atoms. The first-order chi connectivity index (χ1) is 13.6. The first-order valence-corrected chi connectivity index (χ1v) is 9.62. The van der Waals surface area contributed by atoms with Gasteiger partial charge in [-0.15, -0.1) is 0 Å². The number of hydrogen-bond acceptors (Lipinski definition) is 3. The van der Waals surface area contributed by atoms with E-state index in [0.717, 1.165) is 18.4 Å². The lowest BCUT2D eigenvalue weighted by Crippen LogP contribution is -2.43. The molecule has 2 heterocycles. The van der Waals surface area contributed by atoms with Crippen LogP contribution in [0.2, 0.25) is 0 Å².